The average molecular weight is 721 g/mol. The highest BCUT2D eigenvalue weighted by atomic mass is 32.2. The van der Waals surface area contributed by atoms with Crippen molar-refractivity contribution in [2.45, 2.75) is 149 Å². The minimum atomic E-state index is -4.15. The zero-order valence-electron chi connectivity index (χ0n) is 26.3. The minimum Gasteiger partial charge on any atom is -0.269 e. The van der Waals surface area contributed by atoms with Crippen LogP contribution in [-0.4, -0.2) is 81.1 Å². The van der Waals surface area contributed by atoms with Gasteiger partial charge in [-0.3, -0.25) is 16.7 Å². The van der Waals surface area contributed by atoms with Gasteiger partial charge >= 0.3 is 0 Å². The fourth-order valence-electron chi connectivity index (χ4n) is 6.88. The molecule has 0 saturated heterocycles. The first-order chi connectivity index (χ1) is 21.2. The maximum absolute atomic E-state index is 13.3. The number of hydrogen-bond donors (Lipinski definition) is 0. The van der Waals surface area contributed by atoms with E-state index in [1.165, 1.54) is 0 Å². The number of rotatable bonds is 16. The summed E-state index contributed by atoms with van der Waals surface area (Å²) in [5.41, 5.74) is -1.88. The van der Waals surface area contributed by atoms with E-state index in [0.717, 1.165) is 25.7 Å². The second-order valence-electron chi connectivity index (χ2n) is 13.6. The summed E-state index contributed by atoms with van der Waals surface area (Å²) in [6.07, 6.45) is 12.6. The highest BCUT2D eigenvalue weighted by molar-refractivity contribution is 7.88. The Morgan fingerprint density at radius 3 is 0.689 bits per heavy atom. The van der Waals surface area contributed by atoms with Crippen molar-refractivity contribution < 1.29 is 50.4 Å². The van der Waals surface area contributed by atoms with Gasteiger partial charge in [-0.05, 0) is 51.4 Å². The van der Waals surface area contributed by atoms with Crippen LogP contribution < -0.4 is 0 Å². The van der Waals surface area contributed by atoms with Gasteiger partial charge in [0.25, 0.3) is 40.5 Å². The van der Waals surface area contributed by atoms with Crippen molar-refractivity contribution in [3.63, 3.8) is 0 Å². The summed E-state index contributed by atoms with van der Waals surface area (Å²) in [7, 11) is -16.6. The van der Waals surface area contributed by atoms with Crippen LogP contribution in [0.15, 0.2) is 0 Å². The van der Waals surface area contributed by atoms with E-state index in [-0.39, 0.29) is 0 Å². The molecule has 0 amide bonds. The Morgan fingerprint density at radius 2 is 0.511 bits per heavy atom. The Kier molecular flexibility index (Phi) is 13.6. The molecule has 4 aliphatic carbocycles. The van der Waals surface area contributed by atoms with E-state index in [4.69, 9.17) is 16.7 Å². The van der Waals surface area contributed by atoms with E-state index in [9.17, 15) is 33.7 Å². The maximum Gasteiger partial charge on any atom is 0.270 e. The topological polar surface area (TPSA) is 173 Å². The summed E-state index contributed by atoms with van der Waals surface area (Å²) < 4.78 is 128. The first kappa shape index (κ1) is 37.5. The first-order valence-corrected chi connectivity index (χ1v) is 22.7. The molecule has 0 spiro atoms. The van der Waals surface area contributed by atoms with E-state index in [1.54, 1.807) is 0 Å². The lowest BCUT2D eigenvalue weighted by atomic mass is 9.93. The molecule has 0 heterocycles. The highest BCUT2D eigenvalue weighted by Gasteiger charge is 2.43. The van der Waals surface area contributed by atoms with Crippen LogP contribution in [-0.2, 0) is 57.2 Å². The zero-order chi connectivity index (χ0) is 32.6. The molecule has 12 nitrogen and oxygen atoms in total. The molecule has 0 aromatic rings. The largest absolute Gasteiger partial charge is 0.270 e. The fraction of sp³-hybridized carbons (Fsp3) is 1.00. The predicted molar refractivity (Wildman–Crippen MR) is 169 cm³/mol. The molecule has 4 fully saturated rings. The molecule has 45 heavy (non-hydrogen) atoms. The molecule has 0 N–H and O–H groups in total. The van der Waals surface area contributed by atoms with Crippen LogP contribution in [0.5, 0.6) is 0 Å². The standard InChI is InChI=1S/C29H52O12S4/c30-42(31,25-13-5-1-6-14-25)38-21-29(22-39-43(32,33)26-15-7-2-8-16-26,23-40-44(34,35)27-17-9-3-10-18-27)24-41-45(36,37)28-19-11-4-12-20-28/h25-28H,1-24H2. The Balaban J connectivity index is 1.62. The van der Waals surface area contributed by atoms with Gasteiger partial charge in [-0.25, -0.2) is 0 Å². The zero-order valence-corrected chi connectivity index (χ0v) is 29.6. The molecule has 0 unspecified atom stereocenters. The van der Waals surface area contributed by atoms with E-state index >= 15 is 0 Å². The van der Waals surface area contributed by atoms with Gasteiger partial charge in [-0.1, -0.05) is 77.0 Å². The molecule has 0 bridgehead atoms. The van der Waals surface area contributed by atoms with E-state index in [0.29, 0.717) is 103 Å². The van der Waals surface area contributed by atoms with Gasteiger partial charge in [-0.2, -0.15) is 33.7 Å². The van der Waals surface area contributed by atoms with Crippen LogP contribution in [0, 0.1) is 5.41 Å². The summed E-state index contributed by atoms with van der Waals surface area (Å²) in [4.78, 5) is 0. The molecule has 264 valence electrons. The predicted octanol–water partition coefficient (Wildman–Crippen LogP) is 4.69. The van der Waals surface area contributed by atoms with Gasteiger partial charge in [0.15, 0.2) is 0 Å². The summed E-state index contributed by atoms with van der Waals surface area (Å²) >= 11 is 0. The second-order valence-corrected chi connectivity index (χ2v) is 21.1. The third-order valence-electron chi connectivity index (χ3n) is 9.96. The van der Waals surface area contributed by atoms with Crippen LogP contribution in [0.2, 0.25) is 0 Å². The molecule has 0 aromatic carbocycles. The fourth-order valence-corrected chi connectivity index (χ4v) is 12.9. The van der Waals surface area contributed by atoms with Crippen LogP contribution in [0.4, 0.5) is 0 Å². The van der Waals surface area contributed by atoms with Crippen molar-refractivity contribution in [1.82, 2.24) is 0 Å². The monoisotopic (exact) mass is 720 g/mol. The van der Waals surface area contributed by atoms with Crippen LogP contribution in [0.3, 0.4) is 0 Å². The van der Waals surface area contributed by atoms with Gasteiger partial charge in [0.2, 0.25) is 0 Å². The van der Waals surface area contributed by atoms with Gasteiger partial charge in [0.05, 0.1) is 52.8 Å². The van der Waals surface area contributed by atoms with E-state index < -0.39 is 93.3 Å². The SMILES string of the molecule is O=S(=O)(OCC(COS(=O)(=O)C1CCCCC1)(COS(=O)(=O)C1CCCCC1)COS(=O)(=O)C1CCCCC1)C1CCCCC1. The molecule has 4 saturated carbocycles. The smallest absolute Gasteiger partial charge is 0.269 e. The summed E-state index contributed by atoms with van der Waals surface area (Å²) in [5, 5.41) is -3.08. The molecule has 4 rings (SSSR count). The lowest BCUT2D eigenvalue weighted by molar-refractivity contribution is 0.00210. The third kappa shape index (κ3) is 10.8. The number of hydrogen-bond acceptors (Lipinski definition) is 12. The third-order valence-corrected chi connectivity index (χ3v) is 16.9. The van der Waals surface area contributed by atoms with Crippen molar-refractivity contribution in [2.24, 2.45) is 5.41 Å². The molecule has 0 aromatic heterocycles. The molecular weight excluding hydrogens is 669 g/mol. The minimum absolute atomic E-state index is 0.404. The van der Waals surface area contributed by atoms with Crippen LogP contribution in [0.1, 0.15) is 128 Å². The molecule has 0 atom stereocenters. The Labute approximate surface area is 271 Å². The molecular formula is C29H52O12S4. The maximum atomic E-state index is 13.3. The summed E-state index contributed by atoms with van der Waals surface area (Å²) in [6, 6.07) is 0. The summed E-state index contributed by atoms with van der Waals surface area (Å²) in [5.74, 6) is 0. The lowest BCUT2D eigenvalue weighted by Gasteiger charge is -2.34. The molecule has 16 heteroatoms. The van der Waals surface area contributed by atoms with Crippen LogP contribution in [0.25, 0.3) is 0 Å². The van der Waals surface area contributed by atoms with E-state index in [1.807, 2.05) is 0 Å². The molecule has 0 aliphatic heterocycles. The van der Waals surface area contributed by atoms with E-state index in [2.05, 4.69) is 0 Å². The van der Waals surface area contributed by atoms with Crippen molar-refractivity contribution in [3.8, 4) is 0 Å². The van der Waals surface area contributed by atoms with Gasteiger partial charge in [0, 0.05) is 0 Å². The quantitative estimate of drug-likeness (QED) is 0.202. The first-order valence-electron chi connectivity index (χ1n) is 16.8. The van der Waals surface area contributed by atoms with Gasteiger partial charge in [-0.15, -0.1) is 0 Å². The van der Waals surface area contributed by atoms with Crippen molar-refractivity contribution in [3.05, 3.63) is 0 Å². The van der Waals surface area contributed by atoms with Crippen molar-refractivity contribution in [2.75, 3.05) is 26.4 Å². The average Bonchev–Trinajstić information content (AvgIpc) is 3.06. The van der Waals surface area contributed by atoms with Crippen molar-refractivity contribution in [1.29, 1.82) is 0 Å². The lowest BCUT2D eigenvalue weighted by Crippen LogP contribution is -2.46. The highest BCUT2D eigenvalue weighted by Crippen LogP contribution is 2.33. The Morgan fingerprint density at radius 1 is 0.333 bits per heavy atom. The molecule has 4 aliphatic rings. The van der Waals surface area contributed by atoms with Gasteiger partial charge in [0.1, 0.15) is 0 Å². The Hall–Kier alpha value is -0.360. The van der Waals surface area contributed by atoms with Gasteiger partial charge < -0.3 is 0 Å². The second kappa shape index (κ2) is 16.4. The summed E-state index contributed by atoms with van der Waals surface area (Å²) in [6.45, 7) is -3.03. The van der Waals surface area contributed by atoms with Crippen LogP contribution >= 0.6 is 0 Å². The molecule has 0 radical (unpaired) electrons. The normalized spacial score (nSPS) is 23.3. The van der Waals surface area contributed by atoms with Crippen molar-refractivity contribution >= 4 is 40.5 Å². The Bertz CT molecular complexity index is 1140.